The largest absolute Gasteiger partial charge is 0.468 e. The first-order chi connectivity index (χ1) is 5.63. The van der Waals surface area contributed by atoms with Crippen LogP contribution < -0.4 is 0 Å². The molecule has 0 saturated carbocycles. The van der Waals surface area contributed by atoms with Crippen molar-refractivity contribution in [1.29, 1.82) is 0 Å². The van der Waals surface area contributed by atoms with E-state index in [1.165, 1.54) is 14.0 Å². The fourth-order valence-corrected chi connectivity index (χ4v) is 0.757. The van der Waals surface area contributed by atoms with Gasteiger partial charge in [0.15, 0.2) is 5.92 Å². The van der Waals surface area contributed by atoms with Crippen molar-refractivity contribution in [2.75, 3.05) is 18.1 Å². The van der Waals surface area contributed by atoms with E-state index in [9.17, 15) is 9.59 Å². The van der Waals surface area contributed by atoms with Gasteiger partial charge in [-0.05, 0) is 6.92 Å². The van der Waals surface area contributed by atoms with Crippen LogP contribution in [0.1, 0.15) is 6.92 Å². The SMILES string of the molecule is COC(=O)C(C)C(=O)OCCI. The number of hydrogen-bond donors (Lipinski definition) is 0. The maximum absolute atomic E-state index is 11.0. The zero-order chi connectivity index (χ0) is 9.56. The predicted molar refractivity (Wildman–Crippen MR) is 51.0 cm³/mol. The molecule has 0 aromatic heterocycles. The first kappa shape index (κ1) is 11.7. The van der Waals surface area contributed by atoms with Crippen LogP contribution in [-0.2, 0) is 19.1 Å². The fourth-order valence-electron chi connectivity index (χ4n) is 0.537. The lowest BCUT2D eigenvalue weighted by molar-refractivity contribution is -0.159. The van der Waals surface area contributed by atoms with E-state index in [4.69, 9.17) is 4.74 Å². The van der Waals surface area contributed by atoms with Gasteiger partial charge in [-0.25, -0.2) is 0 Å². The second-order valence-corrected chi connectivity index (χ2v) is 3.18. The molecule has 1 atom stereocenters. The Labute approximate surface area is 84.7 Å². The minimum absolute atomic E-state index is 0.334. The number of ether oxygens (including phenoxy) is 2. The van der Waals surface area contributed by atoms with Crippen molar-refractivity contribution in [3.63, 3.8) is 0 Å². The predicted octanol–water partition coefficient (Wildman–Crippen LogP) is 0.774. The van der Waals surface area contributed by atoms with Gasteiger partial charge in [0, 0.05) is 4.43 Å². The van der Waals surface area contributed by atoms with Gasteiger partial charge in [-0.2, -0.15) is 0 Å². The Kier molecular flexibility index (Phi) is 6.04. The molecule has 0 aliphatic carbocycles. The second kappa shape index (κ2) is 6.22. The summed E-state index contributed by atoms with van der Waals surface area (Å²) in [6.07, 6.45) is 0. The molecule has 12 heavy (non-hydrogen) atoms. The molecule has 0 amide bonds. The molecule has 0 N–H and O–H groups in total. The smallest absolute Gasteiger partial charge is 0.320 e. The molecule has 1 unspecified atom stereocenters. The summed E-state index contributed by atoms with van der Waals surface area (Å²) in [5.74, 6) is -1.91. The number of carbonyl (C=O) groups excluding carboxylic acids is 2. The summed E-state index contributed by atoms with van der Waals surface area (Å²) in [7, 11) is 1.24. The molecule has 0 aromatic rings. The van der Waals surface area contributed by atoms with E-state index in [1.54, 1.807) is 0 Å². The molecule has 0 aliphatic heterocycles. The molecule has 0 saturated heterocycles. The summed E-state index contributed by atoms with van der Waals surface area (Å²) < 4.78 is 9.82. The zero-order valence-electron chi connectivity index (χ0n) is 7.00. The van der Waals surface area contributed by atoms with Gasteiger partial charge in [0.2, 0.25) is 0 Å². The molecule has 0 spiro atoms. The first-order valence-electron chi connectivity index (χ1n) is 3.44. The van der Waals surface area contributed by atoms with Gasteiger partial charge in [-0.15, -0.1) is 0 Å². The maximum Gasteiger partial charge on any atom is 0.320 e. The van der Waals surface area contributed by atoms with Gasteiger partial charge in [-0.1, -0.05) is 22.6 Å². The third kappa shape index (κ3) is 3.89. The molecule has 0 fully saturated rings. The molecule has 0 aromatic carbocycles. The van der Waals surface area contributed by atoms with Gasteiger partial charge in [-0.3, -0.25) is 9.59 Å². The summed E-state index contributed by atoms with van der Waals surface area (Å²) in [5, 5.41) is 0. The standard InChI is InChI=1S/C7H11IO4/c1-5(6(9)11-2)7(10)12-4-3-8/h5H,3-4H2,1-2H3. The number of alkyl halides is 1. The Morgan fingerprint density at radius 1 is 1.42 bits per heavy atom. The molecule has 4 nitrogen and oxygen atoms in total. The number of esters is 2. The van der Waals surface area contributed by atoms with E-state index in [0.29, 0.717) is 6.61 Å². The highest BCUT2D eigenvalue weighted by Crippen LogP contribution is 2.01. The van der Waals surface area contributed by atoms with E-state index >= 15 is 0 Å². The van der Waals surface area contributed by atoms with Crippen LogP contribution in [0, 0.1) is 5.92 Å². The topological polar surface area (TPSA) is 52.6 Å². The van der Waals surface area contributed by atoms with Crippen LogP contribution in [0.2, 0.25) is 0 Å². The average Bonchev–Trinajstić information content (AvgIpc) is 2.11. The summed E-state index contributed by atoms with van der Waals surface area (Å²) in [5.41, 5.74) is 0. The second-order valence-electron chi connectivity index (χ2n) is 2.10. The Morgan fingerprint density at radius 2 is 2.00 bits per heavy atom. The Morgan fingerprint density at radius 3 is 2.42 bits per heavy atom. The van der Waals surface area contributed by atoms with Gasteiger partial charge < -0.3 is 9.47 Å². The minimum atomic E-state index is -0.821. The van der Waals surface area contributed by atoms with Crippen LogP contribution in [0.25, 0.3) is 0 Å². The van der Waals surface area contributed by atoms with Gasteiger partial charge >= 0.3 is 11.9 Å². The van der Waals surface area contributed by atoms with Crippen LogP contribution >= 0.6 is 22.6 Å². The van der Waals surface area contributed by atoms with Crippen LogP contribution in [0.3, 0.4) is 0 Å². The van der Waals surface area contributed by atoms with E-state index < -0.39 is 17.9 Å². The highest BCUT2D eigenvalue weighted by molar-refractivity contribution is 14.1. The summed E-state index contributed by atoms with van der Waals surface area (Å²) in [6, 6.07) is 0. The highest BCUT2D eigenvalue weighted by atomic mass is 127. The van der Waals surface area contributed by atoms with E-state index in [2.05, 4.69) is 27.3 Å². The van der Waals surface area contributed by atoms with Crippen molar-refractivity contribution in [1.82, 2.24) is 0 Å². The van der Waals surface area contributed by atoms with Crippen molar-refractivity contribution in [2.24, 2.45) is 5.92 Å². The molecular formula is C7H11IO4. The molecule has 0 bridgehead atoms. The van der Waals surface area contributed by atoms with Crippen LogP contribution in [0.4, 0.5) is 0 Å². The molecule has 0 rings (SSSR count). The Hall–Kier alpha value is -0.330. The average molecular weight is 286 g/mol. The number of halogens is 1. The van der Waals surface area contributed by atoms with Crippen LogP contribution in [0.15, 0.2) is 0 Å². The highest BCUT2D eigenvalue weighted by Gasteiger charge is 2.23. The minimum Gasteiger partial charge on any atom is -0.468 e. The lowest BCUT2D eigenvalue weighted by atomic mass is 10.2. The van der Waals surface area contributed by atoms with E-state index in [-0.39, 0.29) is 0 Å². The number of carbonyl (C=O) groups is 2. The van der Waals surface area contributed by atoms with E-state index in [0.717, 1.165) is 4.43 Å². The lowest BCUT2D eigenvalue weighted by Crippen LogP contribution is -2.24. The van der Waals surface area contributed by atoms with Crippen molar-refractivity contribution < 1.29 is 19.1 Å². The Bertz CT molecular complexity index is 169. The van der Waals surface area contributed by atoms with Crippen molar-refractivity contribution in [3.8, 4) is 0 Å². The van der Waals surface area contributed by atoms with Crippen LogP contribution in [0.5, 0.6) is 0 Å². The number of hydrogen-bond acceptors (Lipinski definition) is 4. The number of rotatable bonds is 4. The molecule has 0 heterocycles. The summed E-state index contributed by atoms with van der Waals surface area (Å²) in [4.78, 5) is 21.8. The quantitative estimate of drug-likeness (QED) is 0.331. The summed E-state index contributed by atoms with van der Waals surface area (Å²) >= 11 is 2.08. The molecule has 5 heteroatoms. The number of methoxy groups -OCH3 is 1. The first-order valence-corrected chi connectivity index (χ1v) is 4.96. The molecule has 70 valence electrons. The zero-order valence-corrected chi connectivity index (χ0v) is 9.16. The lowest BCUT2D eigenvalue weighted by Gasteiger charge is -2.07. The van der Waals surface area contributed by atoms with Crippen LogP contribution in [-0.4, -0.2) is 30.1 Å². The molecule has 0 radical (unpaired) electrons. The molecule has 0 aliphatic rings. The van der Waals surface area contributed by atoms with Crippen molar-refractivity contribution in [3.05, 3.63) is 0 Å². The maximum atomic E-state index is 11.0. The van der Waals surface area contributed by atoms with Gasteiger partial charge in [0.1, 0.15) is 6.61 Å². The van der Waals surface area contributed by atoms with Gasteiger partial charge in [0.25, 0.3) is 0 Å². The normalized spacial score (nSPS) is 11.9. The fraction of sp³-hybridized carbons (Fsp3) is 0.714. The van der Waals surface area contributed by atoms with E-state index in [1.807, 2.05) is 0 Å². The summed E-state index contributed by atoms with van der Waals surface area (Å²) in [6.45, 7) is 1.79. The van der Waals surface area contributed by atoms with Crippen molar-refractivity contribution >= 4 is 34.5 Å². The Balaban J connectivity index is 3.84. The third-order valence-electron chi connectivity index (χ3n) is 1.23. The third-order valence-corrected chi connectivity index (χ3v) is 1.67. The monoisotopic (exact) mass is 286 g/mol. The molecular weight excluding hydrogens is 275 g/mol. The van der Waals surface area contributed by atoms with Gasteiger partial charge in [0.05, 0.1) is 7.11 Å². The van der Waals surface area contributed by atoms with Crippen molar-refractivity contribution in [2.45, 2.75) is 6.92 Å².